The van der Waals surface area contributed by atoms with Gasteiger partial charge in [-0.1, -0.05) is 56.8 Å². The lowest BCUT2D eigenvalue weighted by molar-refractivity contribution is 0.0429. The number of ether oxygens (including phenoxy) is 1. The number of aliphatic hydroxyl groups excluding tert-OH is 2. The van der Waals surface area contributed by atoms with Gasteiger partial charge < -0.3 is 14.9 Å². The smallest absolute Gasteiger partial charge is 0.107 e. The molecule has 3 aliphatic rings. The molecule has 2 unspecified atom stereocenters. The van der Waals surface area contributed by atoms with Gasteiger partial charge in [0, 0.05) is 17.8 Å². The van der Waals surface area contributed by atoms with Gasteiger partial charge in [0.25, 0.3) is 0 Å². The summed E-state index contributed by atoms with van der Waals surface area (Å²) >= 11 is 0. The Bertz CT molecular complexity index is 749. The molecule has 0 aromatic carbocycles. The molecule has 0 saturated heterocycles. The fourth-order valence-electron chi connectivity index (χ4n) is 6.70. The van der Waals surface area contributed by atoms with E-state index in [4.69, 9.17) is 4.74 Å². The van der Waals surface area contributed by atoms with Crippen LogP contribution in [0.3, 0.4) is 0 Å². The van der Waals surface area contributed by atoms with Crippen LogP contribution in [0.15, 0.2) is 23.8 Å². The third-order valence-electron chi connectivity index (χ3n) is 8.34. The third kappa shape index (κ3) is 6.07. The summed E-state index contributed by atoms with van der Waals surface area (Å²) in [5.74, 6) is 8.54. The van der Waals surface area contributed by atoms with E-state index in [0.717, 1.165) is 30.9 Å². The lowest BCUT2D eigenvalue weighted by Crippen LogP contribution is -2.38. The summed E-state index contributed by atoms with van der Waals surface area (Å²) in [6, 6.07) is 0. The summed E-state index contributed by atoms with van der Waals surface area (Å²) < 4.78 is 5.94. The fraction of sp³-hybridized carbons (Fsp3) is 0.793. The summed E-state index contributed by atoms with van der Waals surface area (Å²) in [6.07, 6.45) is 10.1. The van der Waals surface area contributed by atoms with Gasteiger partial charge in [0.2, 0.25) is 0 Å². The second-order valence-corrected chi connectivity index (χ2v) is 12.0. The largest absolute Gasteiger partial charge is 0.393 e. The second-order valence-electron chi connectivity index (χ2n) is 12.0. The molecule has 32 heavy (non-hydrogen) atoms. The minimum Gasteiger partial charge on any atom is -0.393 e. The highest BCUT2D eigenvalue weighted by molar-refractivity contribution is 5.26. The highest BCUT2D eigenvalue weighted by atomic mass is 16.5. The molecule has 0 aromatic heterocycles. The minimum absolute atomic E-state index is 0.0287. The van der Waals surface area contributed by atoms with Crippen molar-refractivity contribution in [1.29, 1.82) is 0 Å². The number of hydrogen-bond donors (Lipinski definition) is 2. The van der Waals surface area contributed by atoms with Crippen molar-refractivity contribution in [3.63, 3.8) is 0 Å². The standard InChI is InChI=1S/C29H46O3/c1-20(19-32-16-8-14-28(3,4)5)25-12-13-26-22(9-7-15-29(25,26)6)10-11-23-17-24(30)18-27(31)21(23)2/h12,20,22-24,26-27,30-31H,2,7,9-11,13,15-19H2,1,3-6H3/t20-,22?,23?,24-,26+,27+,29-/m1/s1. The van der Waals surface area contributed by atoms with E-state index < -0.39 is 6.10 Å². The zero-order valence-electron chi connectivity index (χ0n) is 21.1. The summed E-state index contributed by atoms with van der Waals surface area (Å²) in [7, 11) is 0. The van der Waals surface area contributed by atoms with Crippen LogP contribution >= 0.6 is 0 Å². The van der Waals surface area contributed by atoms with Gasteiger partial charge in [0.1, 0.15) is 6.61 Å². The Kier molecular flexibility index (Phi) is 8.35. The molecule has 0 bridgehead atoms. The van der Waals surface area contributed by atoms with Crippen molar-refractivity contribution in [3.05, 3.63) is 23.8 Å². The molecule has 2 saturated carbocycles. The lowest BCUT2D eigenvalue weighted by Gasteiger charge is -2.46. The quantitative estimate of drug-likeness (QED) is 0.293. The molecule has 0 spiro atoms. The van der Waals surface area contributed by atoms with E-state index in [0.29, 0.717) is 24.9 Å². The number of fused-ring (bicyclic) bond motifs is 1. The average Bonchev–Trinajstić information content (AvgIpc) is 3.06. The van der Waals surface area contributed by atoms with E-state index >= 15 is 0 Å². The van der Waals surface area contributed by atoms with Gasteiger partial charge in [-0.25, -0.2) is 0 Å². The van der Waals surface area contributed by atoms with E-state index in [-0.39, 0.29) is 22.9 Å². The maximum Gasteiger partial charge on any atom is 0.107 e. The molecule has 3 rings (SSSR count). The Balaban J connectivity index is 1.54. The van der Waals surface area contributed by atoms with Crippen molar-refractivity contribution in [2.75, 3.05) is 13.2 Å². The van der Waals surface area contributed by atoms with Crippen molar-refractivity contribution in [3.8, 4) is 11.8 Å². The van der Waals surface area contributed by atoms with Crippen LogP contribution in [-0.2, 0) is 4.74 Å². The van der Waals surface area contributed by atoms with Crippen LogP contribution in [0, 0.1) is 46.3 Å². The molecule has 180 valence electrons. The molecule has 0 amide bonds. The maximum atomic E-state index is 10.2. The SMILES string of the molecule is C=C1C(CCC2CCC[C@]3(C)C([C@H](C)COCC#CC(C)(C)C)=CC[C@@H]23)C[C@@H](O)C[C@@H]1O. The molecular formula is C29H46O3. The van der Waals surface area contributed by atoms with Gasteiger partial charge in [0.15, 0.2) is 0 Å². The van der Waals surface area contributed by atoms with E-state index in [1.54, 1.807) is 5.57 Å². The van der Waals surface area contributed by atoms with Gasteiger partial charge in [0.05, 0.1) is 18.8 Å². The van der Waals surface area contributed by atoms with Crippen LogP contribution in [0.5, 0.6) is 0 Å². The Morgan fingerprint density at radius 1 is 1.25 bits per heavy atom. The molecular weight excluding hydrogens is 396 g/mol. The van der Waals surface area contributed by atoms with Crippen LogP contribution in [0.25, 0.3) is 0 Å². The minimum atomic E-state index is -0.533. The molecule has 3 aliphatic carbocycles. The van der Waals surface area contributed by atoms with Crippen molar-refractivity contribution in [2.24, 2.45) is 34.5 Å². The summed E-state index contributed by atoms with van der Waals surface area (Å²) in [5.41, 5.74) is 2.86. The number of hydrogen-bond acceptors (Lipinski definition) is 3. The van der Waals surface area contributed by atoms with Crippen molar-refractivity contribution in [1.82, 2.24) is 0 Å². The van der Waals surface area contributed by atoms with E-state index in [2.05, 4.69) is 59.1 Å². The predicted octanol–water partition coefficient (Wildman–Crippen LogP) is 5.91. The maximum absolute atomic E-state index is 10.2. The topological polar surface area (TPSA) is 49.7 Å². The lowest BCUT2D eigenvalue weighted by atomic mass is 9.59. The monoisotopic (exact) mass is 442 g/mol. The van der Waals surface area contributed by atoms with Crippen LogP contribution in [0.1, 0.15) is 86.0 Å². The second kappa shape index (κ2) is 10.5. The molecule has 3 nitrogen and oxygen atoms in total. The first kappa shape index (κ1) is 25.5. The third-order valence-corrected chi connectivity index (χ3v) is 8.34. The Hall–Kier alpha value is -1.08. The summed E-state index contributed by atoms with van der Waals surface area (Å²) in [6.45, 7) is 16.6. The zero-order chi connectivity index (χ0) is 23.5. The van der Waals surface area contributed by atoms with Gasteiger partial charge >= 0.3 is 0 Å². The van der Waals surface area contributed by atoms with Gasteiger partial charge in [-0.15, -0.1) is 0 Å². The van der Waals surface area contributed by atoms with Crippen molar-refractivity contribution >= 4 is 0 Å². The van der Waals surface area contributed by atoms with Crippen LogP contribution in [0.4, 0.5) is 0 Å². The average molecular weight is 443 g/mol. The van der Waals surface area contributed by atoms with Gasteiger partial charge in [-0.2, -0.15) is 0 Å². The van der Waals surface area contributed by atoms with Crippen molar-refractivity contribution in [2.45, 2.75) is 98.2 Å². The van der Waals surface area contributed by atoms with Gasteiger partial charge in [-0.3, -0.25) is 0 Å². The van der Waals surface area contributed by atoms with E-state index in [1.165, 1.54) is 32.1 Å². The van der Waals surface area contributed by atoms with Crippen LogP contribution in [-0.4, -0.2) is 35.6 Å². The van der Waals surface area contributed by atoms with Gasteiger partial charge in [-0.05, 0) is 81.6 Å². The van der Waals surface area contributed by atoms with Crippen LogP contribution in [0.2, 0.25) is 0 Å². The number of aliphatic hydroxyl groups is 2. The molecule has 0 aromatic rings. The zero-order valence-corrected chi connectivity index (χ0v) is 21.1. The molecule has 0 heterocycles. The first-order chi connectivity index (χ1) is 15.0. The van der Waals surface area contributed by atoms with E-state index in [9.17, 15) is 10.2 Å². The number of allylic oxidation sites excluding steroid dienone is 1. The summed E-state index contributed by atoms with van der Waals surface area (Å²) in [4.78, 5) is 0. The first-order valence-electron chi connectivity index (χ1n) is 12.8. The highest BCUT2D eigenvalue weighted by Crippen LogP contribution is 2.57. The van der Waals surface area contributed by atoms with Crippen molar-refractivity contribution < 1.29 is 14.9 Å². The first-order valence-corrected chi connectivity index (χ1v) is 12.8. The predicted molar refractivity (Wildman–Crippen MR) is 132 cm³/mol. The molecule has 0 radical (unpaired) electrons. The van der Waals surface area contributed by atoms with E-state index in [1.807, 2.05) is 0 Å². The molecule has 7 atom stereocenters. The summed E-state index contributed by atoms with van der Waals surface area (Å²) in [5, 5.41) is 20.3. The fourth-order valence-corrected chi connectivity index (χ4v) is 6.70. The normalized spacial score (nSPS) is 36.2. The number of rotatable bonds is 7. The van der Waals surface area contributed by atoms with Crippen LogP contribution < -0.4 is 0 Å². The molecule has 2 N–H and O–H groups in total. The highest BCUT2D eigenvalue weighted by Gasteiger charge is 2.48. The molecule has 2 fully saturated rings. The molecule has 0 aliphatic heterocycles. The Labute approximate surface area is 196 Å². The Morgan fingerprint density at radius 3 is 2.72 bits per heavy atom. The molecule has 3 heteroatoms. The Morgan fingerprint density at radius 2 is 2.00 bits per heavy atom.